The van der Waals surface area contributed by atoms with Crippen LogP contribution in [0.15, 0.2) is 24.3 Å². The normalized spacial score (nSPS) is 10.4. The second-order valence-corrected chi connectivity index (χ2v) is 6.97. The van der Waals surface area contributed by atoms with Crippen molar-refractivity contribution in [2.75, 3.05) is 32.2 Å². The first-order valence-electron chi connectivity index (χ1n) is 8.43. The minimum Gasteiger partial charge on any atom is -0.462 e. The average molecular weight is 426 g/mol. The summed E-state index contributed by atoms with van der Waals surface area (Å²) >= 11 is 7.00. The van der Waals surface area contributed by atoms with Gasteiger partial charge in [0.2, 0.25) is 0 Å². The lowest BCUT2D eigenvalue weighted by atomic mass is 10.1. The van der Waals surface area contributed by atoms with E-state index in [1.54, 1.807) is 38.1 Å². The van der Waals surface area contributed by atoms with Gasteiger partial charge in [0.1, 0.15) is 16.5 Å². The van der Waals surface area contributed by atoms with E-state index in [1.807, 2.05) is 0 Å². The van der Waals surface area contributed by atoms with Gasteiger partial charge in [0.15, 0.2) is 0 Å². The van der Waals surface area contributed by atoms with Crippen LogP contribution in [0, 0.1) is 6.92 Å². The molecule has 1 aromatic heterocycles. The molecule has 0 fully saturated rings. The van der Waals surface area contributed by atoms with Crippen LogP contribution in [0.1, 0.15) is 42.9 Å². The molecule has 150 valence electrons. The van der Waals surface area contributed by atoms with Crippen LogP contribution in [-0.2, 0) is 14.2 Å². The van der Waals surface area contributed by atoms with Crippen molar-refractivity contribution in [1.29, 1.82) is 0 Å². The second-order valence-electron chi connectivity index (χ2n) is 5.54. The van der Waals surface area contributed by atoms with Gasteiger partial charge in [-0.05, 0) is 31.5 Å². The van der Waals surface area contributed by atoms with Gasteiger partial charge >= 0.3 is 11.9 Å². The fraction of sp³-hybridized carbons (Fsp3) is 0.316. The molecular weight excluding hydrogens is 406 g/mol. The minimum atomic E-state index is -0.637. The first kappa shape index (κ1) is 21.9. The van der Waals surface area contributed by atoms with E-state index in [4.69, 9.17) is 25.8 Å². The molecule has 0 saturated carbocycles. The van der Waals surface area contributed by atoms with Crippen LogP contribution in [0.3, 0.4) is 0 Å². The predicted molar refractivity (Wildman–Crippen MR) is 107 cm³/mol. The largest absolute Gasteiger partial charge is 0.462 e. The molecule has 0 spiro atoms. The Balaban J connectivity index is 2.37. The number of rotatable bonds is 8. The van der Waals surface area contributed by atoms with Crippen LogP contribution in [0.25, 0.3) is 0 Å². The van der Waals surface area contributed by atoms with Crippen molar-refractivity contribution >= 4 is 45.8 Å². The van der Waals surface area contributed by atoms with Gasteiger partial charge < -0.3 is 19.5 Å². The summed E-state index contributed by atoms with van der Waals surface area (Å²) in [4.78, 5) is 37.5. The molecule has 1 N–H and O–H groups in total. The van der Waals surface area contributed by atoms with Crippen LogP contribution in [0.5, 0.6) is 0 Å². The lowest BCUT2D eigenvalue weighted by Gasteiger charge is -2.08. The third-order valence-electron chi connectivity index (χ3n) is 3.68. The predicted octanol–water partition coefficient (Wildman–Crippen LogP) is 3.94. The Morgan fingerprint density at radius 2 is 1.82 bits per heavy atom. The molecule has 9 heteroatoms. The van der Waals surface area contributed by atoms with Crippen molar-refractivity contribution in [3.8, 4) is 0 Å². The van der Waals surface area contributed by atoms with Crippen LogP contribution in [0.4, 0.5) is 5.00 Å². The monoisotopic (exact) mass is 425 g/mol. The number of nitrogens with one attached hydrogen (secondary N) is 1. The highest BCUT2D eigenvalue weighted by molar-refractivity contribution is 7.18. The molecule has 1 heterocycles. The number of hydrogen-bond acceptors (Lipinski definition) is 7. The first-order chi connectivity index (χ1) is 13.4. The lowest BCUT2D eigenvalue weighted by molar-refractivity contribution is 0.0392. The molecule has 0 aliphatic heterocycles. The maximum atomic E-state index is 12.6. The van der Waals surface area contributed by atoms with Crippen molar-refractivity contribution in [1.82, 2.24) is 0 Å². The maximum Gasteiger partial charge on any atom is 0.348 e. The van der Waals surface area contributed by atoms with Gasteiger partial charge in [-0.15, -0.1) is 11.3 Å². The fourth-order valence-corrected chi connectivity index (χ4v) is 3.65. The highest BCUT2D eigenvalue weighted by atomic mass is 35.5. The number of methoxy groups -OCH3 is 1. The summed E-state index contributed by atoms with van der Waals surface area (Å²) in [7, 11) is 1.49. The van der Waals surface area contributed by atoms with Gasteiger partial charge in [-0.2, -0.15) is 0 Å². The standard InChI is InChI=1S/C19H20ClNO6S/c1-4-26-18(23)14-11(2)15(19(24)27-10-9-25-3)28-17(14)21-16(22)12-7-5-6-8-13(12)20/h5-8H,4,9-10H2,1-3H3,(H,21,22). The van der Waals surface area contributed by atoms with E-state index in [9.17, 15) is 14.4 Å². The number of anilines is 1. The number of halogens is 1. The molecule has 2 aromatic rings. The molecule has 1 aromatic carbocycles. The third-order valence-corrected chi connectivity index (χ3v) is 5.19. The SMILES string of the molecule is CCOC(=O)c1c(NC(=O)c2ccccc2Cl)sc(C(=O)OCCOC)c1C. The maximum absolute atomic E-state index is 12.6. The summed E-state index contributed by atoms with van der Waals surface area (Å²) in [5.74, 6) is -1.75. The third kappa shape index (κ3) is 5.09. The zero-order chi connectivity index (χ0) is 20.7. The Morgan fingerprint density at radius 1 is 1.11 bits per heavy atom. The van der Waals surface area contributed by atoms with Gasteiger partial charge in [-0.3, -0.25) is 4.79 Å². The smallest absolute Gasteiger partial charge is 0.348 e. The summed E-state index contributed by atoms with van der Waals surface area (Å²) in [6.07, 6.45) is 0. The number of amides is 1. The van der Waals surface area contributed by atoms with E-state index in [2.05, 4.69) is 5.32 Å². The lowest BCUT2D eigenvalue weighted by Crippen LogP contribution is -2.15. The highest BCUT2D eigenvalue weighted by Gasteiger charge is 2.27. The van der Waals surface area contributed by atoms with Crippen LogP contribution in [-0.4, -0.2) is 44.8 Å². The molecule has 28 heavy (non-hydrogen) atoms. The zero-order valence-electron chi connectivity index (χ0n) is 15.7. The molecule has 0 aliphatic rings. The van der Waals surface area contributed by atoms with E-state index in [0.29, 0.717) is 5.56 Å². The van der Waals surface area contributed by atoms with Crippen LogP contribution in [0.2, 0.25) is 5.02 Å². The summed E-state index contributed by atoms with van der Waals surface area (Å²) in [6, 6.07) is 6.51. The first-order valence-corrected chi connectivity index (χ1v) is 9.62. The van der Waals surface area contributed by atoms with E-state index in [1.165, 1.54) is 7.11 Å². The summed E-state index contributed by atoms with van der Waals surface area (Å²) in [5, 5.41) is 3.11. The molecule has 0 atom stereocenters. The second kappa shape index (κ2) is 10.2. The minimum absolute atomic E-state index is 0.0722. The van der Waals surface area contributed by atoms with Crippen molar-refractivity contribution in [3.05, 3.63) is 50.9 Å². The van der Waals surface area contributed by atoms with Gasteiger partial charge in [0.25, 0.3) is 5.91 Å². The molecule has 0 radical (unpaired) electrons. The highest BCUT2D eigenvalue weighted by Crippen LogP contribution is 2.35. The van der Waals surface area contributed by atoms with Crippen LogP contribution >= 0.6 is 22.9 Å². The fourth-order valence-electron chi connectivity index (χ4n) is 2.34. The van der Waals surface area contributed by atoms with Gasteiger partial charge in [-0.25, -0.2) is 9.59 Å². The number of ether oxygens (including phenoxy) is 3. The molecule has 0 unspecified atom stereocenters. The quantitative estimate of drug-likeness (QED) is 0.508. The molecule has 0 aliphatic carbocycles. The Kier molecular flexibility index (Phi) is 7.98. The molecule has 7 nitrogen and oxygen atoms in total. The number of hydrogen-bond donors (Lipinski definition) is 1. The van der Waals surface area contributed by atoms with Crippen molar-refractivity contribution < 1.29 is 28.6 Å². The number of carbonyl (C=O) groups excluding carboxylic acids is 3. The van der Waals surface area contributed by atoms with Gasteiger partial charge in [0, 0.05) is 7.11 Å². The van der Waals surface area contributed by atoms with Crippen molar-refractivity contribution in [2.45, 2.75) is 13.8 Å². The van der Waals surface area contributed by atoms with Crippen molar-refractivity contribution in [2.24, 2.45) is 0 Å². The van der Waals surface area contributed by atoms with E-state index in [-0.39, 0.29) is 45.8 Å². The van der Waals surface area contributed by atoms with E-state index in [0.717, 1.165) is 11.3 Å². The Labute approximate surface area is 171 Å². The van der Waals surface area contributed by atoms with Crippen molar-refractivity contribution in [3.63, 3.8) is 0 Å². The number of esters is 2. The molecule has 0 bridgehead atoms. The van der Waals surface area contributed by atoms with E-state index >= 15 is 0 Å². The Bertz CT molecular complexity index is 879. The van der Waals surface area contributed by atoms with Gasteiger partial charge in [0.05, 0.1) is 29.4 Å². The number of carbonyl (C=O) groups is 3. The summed E-state index contributed by atoms with van der Waals surface area (Å²) < 4.78 is 15.0. The Hall–Kier alpha value is -2.42. The van der Waals surface area contributed by atoms with Gasteiger partial charge in [-0.1, -0.05) is 23.7 Å². The molecular formula is C19H20ClNO6S. The number of thiophene rings is 1. The van der Waals surface area contributed by atoms with Crippen LogP contribution < -0.4 is 5.32 Å². The summed E-state index contributed by atoms with van der Waals surface area (Å²) in [6.45, 7) is 3.74. The van der Waals surface area contributed by atoms with E-state index < -0.39 is 17.8 Å². The topological polar surface area (TPSA) is 90.9 Å². The number of benzene rings is 1. The molecule has 1 amide bonds. The average Bonchev–Trinajstić information content (AvgIpc) is 2.98. The summed E-state index contributed by atoms with van der Waals surface area (Å²) in [5.41, 5.74) is 0.737. The zero-order valence-corrected chi connectivity index (χ0v) is 17.2. The molecule has 2 rings (SSSR count). The Morgan fingerprint density at radius 3 is 2.46 bits per heavy atom. The molecule has 0 saturated heterocycles.